The quantitative estimate of drug-likeness (QED) is 0.574. The molecule has 0 aliphatic heterocycles. The van der Waals surface area contributed by atoms with Crippen molar-refractivity contribution >= 4 is 24.5 Å². The number of benzene rings is 2. The van der Waals surface area contributed by atoms with Gasteiger partial charge in [0.25, 0.3) is 0 Å². The van der Waals surface area contributed by atoms with Gasteiger partial charge in [-0.05, 0) is 16.3 Å². The average molecular weight is 346 g/mol. The molecule has 0 unspecified atom stereocenters. The van der Waals surface area contributed by atoms with Gasteiger partial charge in [0.15, 0.2) is 0 Å². The van der Waals surface area contributed by atoms with Crippen molar-refractivity contribution in [2.75, 3.05) is 28.2 Å². The SMILES string of the molecule is CN(C)C(=c1cccc/c1=C(/[O-])N(C)C)[Si](C)(C)c1ccccc1.[Li+]. The largest absolute Gasteiger partial charge is 1.00 e. The third-order valence-electron chi connectivity index (χ3n) is 4.35. The second-order valence-electron chi connectivity index (χ2n) is 6.98. The molecule has 128 valence electrons. The van der Waals surface area contributed by atoms with Gasteiger partial charge in [0, 0.05) is 33.5 Å². The first kappa shape index (κ1) is 21.4. The van der Waals surface area contributed by atoms with Gasteiger partial charge in [0.05, 0.1) is 0 Å². The Morgan fingerprint density at radius 2 is 1.24 bits per heavy atom. The van der Waals surface area contributed by atoms with Gasteiger partial charge in [0.2, 0.25) is 0 Å². The molecule has 5 heteroatoms. The van der Waals surface area contributed by atoms with E-state index in [1.54, 1.807) is 19.0 Å². The topological polar surface area (TPSA) is 29.5 Å². The van der Waals surface area contributed by atoms with E-state index >= 15 is 0 Å². The first-order valence-corrected chi connectivity index (χ1v) is 11.2. The molecule has 0 aromatic heterocycles. The molecule has 0 N–H and O–H groups in total. The molecule has 3 nitrogen and oxygen atoms in total. The van der Waals surface area contributed by atoms with Crippen molar-refractivity contribution in [2.45, 2.75) is 13.1 Å². The van der Waals surface area contributed by atoms with Crippen molar-refractivity contribution in [1.82, 2.24) is 9.80 Å². The number of nitrogens with zero attached hydrogens (tertiary/aromatic N) is 2. The standard InChI is InChI=1S/C20H28N2OSi.Li/c1-21(2)19(23)17-14-10-11-15-18(17)20(22(3)4)24(5,6)16-12-8-7-9-13-16;/h7-15,23H,1-6H3;/q;+1/p-1/b19-17-,20-18?;. The Balaban J connectivity index is 0.00000312. The summed E-state index contributed by atoms with van der Waals surface area (Å²) in [7, 11) is 5.79. The minimum Gasteiger partial charge on any atom is -0.860 e. The summed E-state index contributed by atoms with van der Waals surface area (Å²) in [6.07, 6.45) is 0. The molecule has 0 aliphatic rings. The molecule has 0 heterocycles. The van der Waals surface area contributed by atoms with Crippen LogP contribution in [0.2, 0.25) is 13.1 Å². The molecule has 0 spiro atoms. The van der Waals surface area contributed by atoms with Crippen LogP contribution in [0.5, 0.6) is 0 Å². The summed E-state index contributed by atoms with van der Waals surface area (Å²) in [5, 5.41) is 17.1. The minimum atomic E-state index is -1.95. The van der Waals surface area contributed by atoms with Crippen LogP contribution in [0.15, 0.2) is 54.6 Å². The van der Waals surface area contributed by atoms with Crippen LogP contribution in [0.3, 0.4) is 0 Å². The Bertz CT molecular complexity index is 817. The fourth-order valence-electron chi connectivity index (χ4n) is 3.25. The van der Waals surface area contributed by atoms with Crippen LogP contribution in [0, 0.1) is 0 Å². The minimum absolute atomic E-state index is 0. The van der Waals surface area contributed by atoms with E-state index in [9.17, 15) is 5.11 Å². The van der Waals surface area contributed by atoms with E-state index < -0.39 is 8.07 Å². The summed E-state index contributed by atoms with van der Waals surface area (Å²) in [6, 6.07) is 18.6. The van der Waals surface area contributed by atoms with E-state index in [0.717, 1.165) is 10.4 Å². The van der Waals surface area contributed by atoms with Crippen LogP contribution >= 0.6 is 0 Å². The van der Waals surface area contributed by atoms with E-state index in [2.05, 4.69) is 62.4 Å². The van der Waals surface area contributed by atoms with Crippen molar-refractivity contribution in [1.29, 1.82) is 0 Å². The maximum Gasteiger partial charge on any atom is 1.00 e. The number of hydrogen-bond acceptors (Lipinski definition) is 3. The van der Waals surface area contributed by atoms with Crippen molar-refractivity contribution < 1.29 is 24.0 Å². The van der Waals surface area contributed by atoms with Crippen molar-refractivity contribution in [3.63, 3.8) is 0 Å². The Kier molecular flexibility index (Phi) is 7.43. The normalized spacial score (nSPS) is 13.5. The molecule has 0 saturated carbocycles. The predicted molar refractivity (Wildman–Crippen MR) is 103 cm³/mol. The molecule has 0 saturated heterocycles. The van der Waals surface area contributed by atoms with Gasteiger partial charge < -0.3 is 14.9 Å². The van der Waals surface area contributed by atoms with Crippen molar-refractivity contribution in [2.24, 2.45) is 0 Å². The van der Waals surface area contributed by atoms with Gasteiger partial charge in [-0.25, -0.2) is 0 Å². The molecule has 0 amide bonds. The Morgan fingerprint density at radius 3 is 1.72 bits per heavy atom. The summed E-state index contributed by atoms with van der Waals surface area (Å²) in [5.74, 6) is 0.0443. The summed E-state index contributed by atoms with van der Waals surface area (Å²) in [5.41, 5.74) is 0. The van der Waals surface area contributed by atoms with Gasteiger partial charge in [-0.15, -0.1) is 0 Å². The van der Waals surface area contributed by atoms with E-state index in [1.807, 2.05) is 24.3 Å². The molecule has 0 radical (unpaired) electrons. The Morgan fingerprint density at radius 1 is 0.760 bits per heavy atom. The molecule has 0 bridgehead atoms. The van der Waals surface area contributed by atoms with Gasteiger partial charge in [-0.3, -0.25) is 0 Å². The zero-order chi connectivity index (χ0) is 17.9. The van der Waals surface area contributed by atoms with Crippen LogP contribution in [0.4, 0.5) is 0 Å². The summed E-state index contributed by atoms with van der Waals surface area (Å²) in [6.45, 7) is 4.68. The summed E-state index contributed by atoms with van der Waals surface area (Å²) in [4.78, 5) is 3.82. The van der Waals surface area contributed by atoms with E-state index in [1.165, 1.54) is 10.5 Å². The molecular weight excluding hydrogens is 319 g/mol. The second-order valence-corrected chi connectivity index (χ2v) is 11.3. The Labute approximate surface area is 164 Å². The second kappa shape index (κ2) is 8.66. The van der Waals surface area contributed by atoms with Crippen LogP contribution in [0.1, 0.15) is 0 Å². The zero-order valence-electron chi connectivity index (χ0n) is 16.5. The van der Waals surface area contributed by atoms with Gasteiger partial charge in [-0.2, -0.15) is 0 Å². The Hall–Kier alpha value is -1.61. The van der Waals surface area contributed by atoms with Crippen LogP contribution in [-0.4, -0.2) is 46.1 Å². The fourth-order valence-corrected chi connectivity index (χ4v) is 6.55. The predicted octanol–water partition coefficient (Wildman–Crippen LogP) is -2.50. The third-order valence-corrected chi connectivity index (χ3v) is 8.03. The summed E-state index contributed by atoms with van der Waals surface area (Å²) < 4.78 is 0. The molecule has 2 rings (SSSR count). The first-order valence-electron chi connectivity index (χ1n) is 8.18. The van der Waals surface area contributed by atoms with Crippen LogP contribution < -0.4 is 39.6 Å². The smallest absolute Gasteiger partial charge is 0.860 e. The van der Waals surface area contributed by atoms with Crippen LogP contribution in [-0.2, 0) is 0 Å². The maximum absolute atomic E-state index is 12.7. The molecule has 2 aromatic carbocycles. The van der Waals surface area contributed by atoms with E-state index in [-0.39, 0.29) is 24.7 Å². The monoisotopic (exact) mass is 346 g/mol. The molecular formula is C20H27LiN2OSi. The van der Waals surface area contributed by atoms with Gasteiger partial charge >= 0.3 is 18.9 Å². The number of hydrogen-bond donors (Lipinski definition) is 0. The van der Waals surface area contributed by atoms with Crippen molar-refractivity contribution in [3.8, 4) is 0 Å². The van der Waals surface area contributed by atoms with Crippen LogP contribution in [0.25, 0.3) is 11.2 Å². The van der Waals surface area contributed by atoms with Gasteiger partial charge in [0.1, 0.15) is 8.07 Å². The first-order chi connectivity index (χ1) is 11.3. The zero-order valence-corrected chi connectivity index (χ0v) is 17.5. The van der Waals surface area contributed by atoms with Crippen molar-refractivity contribution in [3.05, 3.63) is 65.0 Å². The van der Waals surface area contributed by atoms with Gasteiger partial charge in [-0.1, -0.05) is 72.9 Å². The molecule has 25 heavy (non-hydrogen) atoms. The van der Waals surface area contributed by atoms with E-state index in [4.69, 9.17) is 0 Å². The third kappa shape index (κ3) is 4.52. The fraction of sp³-hybridized carbons (Fsp3) is 0.300. The number of rotatable bonds is 4. The average Bonchev–Trinajstić information content (AvgIpc) is 2.55. The molecule has 0 aliphatic carbocycles. The molecule has 2 aromatic rings. The van der Waals surface area contributed by atoms with E-state index in [0.29, 0.717) is 0 Å². The summed E-state index contributed by atoms with van der Waals surface area (Å²) >= 11 is 0. The molecule has 0 atom stereocenters. The maximum atomic E-state index is 12.7. The molecule has 0 fully saturated rings.